The highest BCUT2D eigenvalue weighted by Gasteiger charge is 2.00. The summed E-state index contributed by atoms with van der Waals surface area (Å²) in [5.74, 6) is 0. The smallest absolute Gasteiger partial charge is 0.0386 e. The molecular weight excluding hydrogens is 242 g/mol. The lowest BCUT2D eigenvalue weighted by molar-refractivity contribution is 0.687. The number of rotatable bonds is 2. The summed E-state index contributed by atoms with van der Waals surface area (Å²) in [7, 11) is 0. The number of aryl methyl sites for hydroxylation is 2. The molecule has 0 fully saturated rings. The van der Waals surface area contributed by atoms with E-state index in [0.29, 0.717) is 0 Å². The maximum atomic E-state index is 4.11. The molecule has 1 N–H and O–H groups in total. The molecule has 106 valence electrons. The van der Waals surface area contributed by atoms with E-state index in [4.69, 9.17) is 0 Å². The Kier molecular flexibility index (Phi) is 5.23. The van der Waals surface area contributed by atoms with Gasteiger partial charge in [0.05, 0.1) is 0 Å². The van der Waals surface area contributed by atoms with Gasteiger partial charge in [-0.05, 0) is 68.9 Å². The first-order chi connectivity index (χ1) is 9.65. The van der Waals surface area contributed by atoms with E-state index in [1.165, 1.54) is 41.7 Å². The monoisotopic (exact) mass is 267 g/mol. The first kappa shape index (κ1) is 14.6. The van der Waals surface area contributed by atoms with Crippen LogP contribution in [0.3, 0.4) is 0 Å². The third kappa shape index (κ3) is 4.41. The summed E-state index contributed by atoms with van der Waals surface area (Å²) in [4.78, 5) is 0. The molecule has 20 heavy (non-hydrogen) atoms. The Balaban J connectivity index is 2.13. The van der Waals surface area contributed by atoms with Crippen LogP contribution in [-0.2, 0) is 0 Å². The second-order valence-electron chi connectivity index (χ2n) is 5.67. The van der Waals surface area contributed by atoms with Crippen molar-refractivity contribution in [2.24, 2.45) is 0 Å². The molecular formula is C19H25N. The average Bonchev–Trinajstić information content (AvgIpc) is 2.43. The third-order valence-electron chi connectivity index (χ3n) is 3.86. The lowest BCUT2D eigenvalue weighted by Gasteiger charge is -2.11. The summed E-state index contributed by atoms with van der Waals surface area (Å²) >= 11 is 0. The van der Waals surface area contributed by atoms with Gasteiger partial charge in [-0.25, -0.2) is 0 Å². The van der Waals surface area contributed by atoms with Gasteiger partial charge in [-0.1, -0.05) is 36.8 Å². The topological polar surface area (TPSA) is 12.0 Å². The van der Waals surface area contributed by atoms with Crippen LogP contribution in [0.5, 0.6) is 0 Å². The predicted molar refractivity (Wildman–Crippen MR) is 89.0 cm³/mol. The molecule has 1 aromatic rings. The highest BCUT2D eigenvalue weighted by molar-refractivity contribution is 5.54. The lowest BCUT2D eigenvalue weighted by atomic mass is 10.0. The van der Waals surface area contributed by atoms with Crippen molar-refractivity contribution < 1.29 is 0 Å². The first-order valence-electron chi connectivity index (χ1n) is 7.55. The first-order valence-corrected chi connectivity index (χ1v) is 7.55. The Labute approximate surface area is 123 Å². The van der Waals surface area contributed by atoms with Crippen molar-refractivity contribution in [3.05, 3.63) is 65.4 Å². The second kappa shape index (κ2) is 7.14. The van der Waals surface area contributed by atoms with Gasteiger partial charge in [0.15, 0.2) is 0 Å². The number of nitrogens with one attached hydrogen (secondary N) is 1. The van der Waals surface area contributed by atoms with E-state index >= 15 is 0 Å². The fourth-order valence-electron chi connectivity index (χ4n) is 2.37. The molecule has 0 atom stereocenters. The van der Waals surface area contributed by atoms with Crippen molar-refractivity contribution in [3.8, 4) is 0 Å². The highest BCUT2D eigenvalue weighted by Crippen LogP contribution is 2.19. The number of allylic oxidation sites excluding steroid dienone is 4. The molecule has 1 nitrogen and oxygen atoms in total. The Morgan fingerprint density at radius 2 is 1.85 bits per heavy atom. The molecule has 0 radical (unpaired) electrons. The molecule has 0 saturated carbocycles. The lowest BCUT2D eigenvalue weighted by Crippen LogP contribution is -1.99. The SMILES string of the molecule is C=C1/C=C\C(Nc2ccc(C)c(C)c2)=C/CCCCC1. The molecule has 1 aliphatic rings. The van der Waals surface area contributed by atoms with Crippen LogP contribution in [0.2, 0.25) is 0 Å². The number of hydrogen-bond acceptors (Lipinski definition) is 1. The van der Waals surface area contributed by atoms with Gasteiger partial charge >= 0.3 is 0 Å². The van der Waals surface area contributed by atoms with E-state index in [1.54, 1.807) is 0 Å². The molecule has 0 bridgehead atoms. The standard InChI is InChI=1S/C19H25N/c1-15-8-6-4-5-7-9-18(12-10-15)20-19-13-11-16(2)17(3)14-19/h9-14,20H,1,4-8H2,2-3H3/b12-10-,18-9+. The quantitative estimate of drug-likeness (QED) is 0.727. The van der Waals surface area contributed by atoms with E-state index < -0.39 is 0 Å². The summed E-state index contributed by atoms with van der Waals surface area (Å²) < 4.78 is 0. The van der Waals surface area contributed by atoms with Crippen molar-refractivity contribution >= 4 is 5.69 Å². The van der Waals surface area contributed by atoms with E-state index in [2.05, 4.69) is 62.2 Å². The summed E-state index contributed by atoms with van der Waals surface area (Å²) in [6, 6.07) is 6.52. The van der Waals surface area contributed by atoms with Crippen molar-refractivity contribution in [1.29, 1.82) is 0 Å². The summed E-state index contributed by atoms with van der Waals surface area (Å²) in [6.45, 7) is 8.41. The van der Waals surface area contributed by atoms with Gasteiger partial charge < -0.3 is 5.32 Å². The molecule has 0 spiro atoms. The van der Waals surface area contributed by atoms with Crippen LogP contribution in [-0.4, -0.2) is 0 Å². The molecule has 0 amide bonds. The largest absolute Gasteiger partial charge is 0.356 e. The van der Waals surface area contributed by atoms with E-state index in [-0.39, 0.29) is 0 Å². The van der Waals surface area contributed by atoms with Crippen LogP contribution in [0.4, 0.5) is 5.69 Å². The Morgan fingerprint density at radius 3 is 2.65 bits per heavy atom. The Bertz CT molecular complexity index is 535. The fourth-order valence-corrected chi connectivity index (χ4v) is 2.37. The van der Waals surface area contributed by atoms with Gasteiger partial charge in [0.25, 0.3) is 0 Å². The van der Waals surface area contributed by atoms with E-state index in [9.17, 15) is 0 Å². The van der Waals surface area contributed by atoms with Crippen LogP contribution in [0.1, 0.15) is 43.2 Å². The minimum Gasteiger partial charge on any atom is -0.356 e. The zero-order chi connectivity index (χ0) is 14.4. The highest BCUT2D eigenvalue weighted by atomic mass is 14.9. The van der Waals surface area contributed by atoms with Gasteiger partial charge in [-0.2, -0.15) is 0 Å². The van der Waals surface area contributed by atoms with Crippen LogP contribution < -0.4 is 5.32 Å². The maximum absolute atomic E-state index is 4.11. The van der Waals surface area contributed by atoms with Crippen molar-refractivity contribution in [2.75, 3.05) is 5.32 Å². The van der Waals surface area contributed by atoms with Gasteiger partial charge in [0.1, 0.15) is 0 Å². The Hall–Kier alpha value is -1.76. The molecule has 0 aliphatic heterocycles. The number of benzene rings is 1. The number of anilines is 1. The molecule has 1 aliphatic carbocycles. The third-order valence-corrected chi connectivity index (χ3v) is 3.86. The molecule has 0 saturated heterocycles. The minimum atomic E-state index is 1.12. The second-order valence-corrected chi connectivity index (χ2v) is 5.67. The molecule has 0 aromatic heterocycles. The summed E-state index contributed by atoms with van der Waals surface area (Å²) in [6.07, 6.45) is 12.7. The molecule has 0 heterocycles. The normalized spacial score (nSPS) is 20.9. The Morgan fingerprint density at radius 1 is 1.00 bits per heavy atom. The summed E-state index contributed by atoms with van der Waals surface area (Å²) in [5.41, 5.74) is 6.21. The van der Waals surface area contributed by atoms with Gasteiger partial charge in [0, 0.05) is 11.4 Å². The fraction of sp³-hybridized carbons (Fsp3) is 0.368. The zero-order valence-electron chi connectivity index (χ0n) is 12.7. The van der Waals surface area contributed by atoms with Crippen LogP contribution >= 0.6 is 0 Å². The van der Waals surface area contributed by atoms with Crippen molar-refractivity contribution in [1.82, 2.24) is 0 Å². The minimum absolute atomic E-state index is 1.12. The van der Waals surface area contributed by atoms with E-state index in [0.717, 1.165) is 18.5 Å². The molecule has 2 rings (SSSR count). The average molecular weight is 267 g/mol. The number of hydrogen-bond donors (Lipinski definition) is 1. The van der Waals surface area contributed by atoms with Crippen LogP contribution in [0.25, 0.3) is 0 Å². The van der Waals surface area contributed by atoms with Gasteiger partial charge in [-0.3, -0.25) is 0 Å². The van der Waals surface area contributed by atoms with Crippen molar-refractivity contribution in [2.45, 2.75) is 46.0 Å². The van der Waals surface area contributed by atoms with Gasteiger partial charge in [-0.15, -0.1) is 0 Å². The summed E-state index contributed by atoms with van der Waals surface area (Å²) in [5, 5.41) is 3.52. The van der Waals surface area contributed by atoms with E-state index in [1.807, 2.05) is 0 Å². The maximum Gasteiger partial charge on any atom is 0.0386 e. The van der Waals surface area contributed by atoms with Crippen molar-refractivity contribution in [3.63, 3.8) is 0 Å². The molecule has 1 aromatic carbocycles. The van der Waals surface area contributed by atoms with Gasteiger partial charge in [0.2, 0.25) is 0 Å². The zero-order valence-corrected chi connectivity index (χ0v) is 12.7. The molecule has 0 unspecified atom stereocenters. The predicted octanol–water partition coefficient (Wildman–Crippen LogP) is 5.68. The van der Waals surface area contributed by atoms with Crippen LogP contribution in [0.15, 0.2) is 54.3 Å². The van der Waals surface area contributed by atoms with Crippen LogP contribution in [0, 0.1) is 13.8 Å². The molecule has 1 heteroatoms.